The van der Waals surface area contributed by atoms with E-state index in [1.807, 2.05) is 60.7 Å². The molecule has 0 fully saturated rings. The standard InChI is InChI=1S/C42H22N4O2/c1-2-11-26-25(10-1)27-14-7-9-23-21-24(22-31(26)36(23)27)40-44-41(30-15-8-18-34-37(30)28-12-3-5-16-32(28)47-34)46-42(45-40)39-38-29-13-4-6-17-33(29)48-35(38)19-20-43-39/h1-22H. The van der Waals surface area contributed by atoms with E-state index in [1.54, 1.807) is 6.20 Å². The molecule has 6 aromatic carbocycles. The Morgan fingerprint density at radius 3 is 1.83 bits per heavy atom. The molecule has 222 valence electrons. The topological polar surface area (TPSA) is 77.8 Å². The first-order valence-electron chi connectivity index (χ1n) is 15.9. The van der Waals surface area contributed by atoms with Gasteiger partial charge in [0.25, 0.3) is 0 Å². The van der Waals surface area contributed by atoms with Gasteiger partial charge in [0, 0.05) is 33.5 Å². The summed E-state index contributed by atoms with van der Waals surface area (Å²) in [6, 6.07) is 43.5. The molecule has 0 atom stereocenters. The Labute approximate surface area is 273 Å². The summed E-state index contributed by atoms with van der Waals surface area (Å²) in [6.45, 7) is 0. The molecule has 0 amide bonds. The van der Waals surface area contributed by atoms with Crippen molar-refractivity contribution in [3.05, 3.63) is 134 Å². The van der Waals surface area contributed by atoms with E-state index in [4.69, 9.17) is 28.8 Å². The Balaban J connectivity index is 1.23. The Kier molecular flexibility index (Phi) is 5.02. The third kappa shape index (κ3) is 3.51. The van der Waals surface area contributed by atoms with Crippen LogP contribution in [0.5, 0.6) is 0 Å². The number of nitrogens with zero attached hydrogens (tertiary/aromatic N) is 4. The van der Waals surface area contributed by atoms with Crippen molar-refractivity contribution in [3.63, 3.8) is 0 Å². The summed E-state index contributed by atoms with van der Waals surface area (Å²) in [5, 5.41) is 6.21. The zero-order valence-corrected chi connectivity index (χ0v) is 25.3. The number of benzene rings is 6. The first kappa shape index (κ1) is 25.5. The van der Waals surface area contributed by atoms with Crippen LogP contribution in [0.4, 0.5) is 0 Å². The molecule has 6 nitrogen and oxygen atoms in total. The lowest BCUT2D eigenvalue weighted by molar-refractivity contribution is 0.668. The molecule has 0 aliphatic heterocycles. The summed E-state index contributed by atoms with van der Waals surface area (Å²) in [7, 11) is 0. The highest BCUT2D eigenvalue weighted by molar-refractivity contribution is 6.17. The highest BCUT2D eigenvalue weighted by Crippen LogP contribution is 2.48. The number of aromatic nitrogens is 4. The maximum absolute atomic E-state index is 6.26. The molecule has 48 heavy (non-hydrogen) atoms. The van der Waals surface area contributed by atoms with Crippen LogP contribution in [0.15, 0.2) is 142 Å². The van der Waals surface area contributed by atoms with Crippen molar-refractivity contribution in [3.8, 4) is 56.5 Å². The third-order valence-electron chi connectivity index (χ3n) is 9.52. The summed E-state index contributed by atoms with van der Waals surface area (Å²) in [4.78, 5) is 20.4. The van der Waals surface area contributed by atoms with Crippen molar-refractivity contribution in [1.82, 2.24) is 19.9 Å². The second kappa shape index (κ2) is 9.44. The molecule has 0 bridgehead atoms. The molecule has 0 N–H and O–H groups in total. The molecule has 10 aromatic rings. The van der Waals surface area contributed by atoms with Gasteiger partial charge < -0.3 is 8.83 Å². The molecule has 4 aromatic heterocycles. The second-order valence-electron chi connectivity index (χ2n) is 12.2. The molecular weight excluding hydrogens is 592 g/mol. The molecule has 4 heterocycles. The summed E-state index contributed by atoms with van der Waals surface area (Å²) >= 11 is 0. The number of rotatable bonds is 3. The van der Waals surface area contributed by atoms with Gasteiger partial charge in [0.15, 0.2) is 17.5 Å². The van der Waals surface area contributed by atoms with Crippen molar-refractivity contribution in [1.29, 1.82) is 0 Å². The predicted molar refractivity (Wildman–Crippen MR) is 190 cm³/mol. The Morgan fingerprint density at radius 1 is 0.396 bits per heavy atom. The van der Waals surface area contributed by atoms with E-state index in [-0.39, 0.29) is 0 Å². The number of pyridine rings is 1. The summed E-state index contributed by atoms with van der Waals surface area (Å²) in [6.07, 6.45) is 1.75. The number of hydrogen-bond acceptors (Lipinski definition) is 6. The van der Waals surface area contributed by atoms with Crippen molar-refractivity contribution >= 4 is 54.6 Å². The maximum Gasteiger partial charge on any atom is 0.183 e. The summed E-state index contributed by atoms with van der Waals surface area (Å²) < 4.78 is 12.5. The minimum atomic E-state index is 0.475. The molecule has 0 unspecified atom stereocenters. The van der Waals surface area contributed by atoms with Gasteiger partial charge in [-0.2, -0.15) is 0 Å². The lowest BCUT2D eigenvalue weighted by atomic mass is 9.99. The van der Waals surface area contributed by atoms with Crippen molar-refractivity contribution in [2.75, 3.05) is 0 Å². The van der Waals surface area contributed by atoms with E-state index in [0.717, 1.165) is 60.4 Å². The molecule has 0 radical (unpaired) electrons. The van der Waals surface area contributed by atoms with Gasteiger partial charge in [0.1, 0.15) is 28.0 Å². The molecule has 0 spiro atoms. The van der Waals surface area contributed by atoms with Crippen LogP contribution in [0.25, 0.3) is 111 Å². The van der Waals surface area contributed by atoms with Gasteiger partial charge in [0.2, 0.25) is 0 Å². The zero-order valence-electron chi connectivity index (χ0n) is 25.3. The molecule has 6 heteroatoms. The minimum Gasteiger partial charge on any atom is -0.456 e. The lowest BCUT2D eigenvalue weighted by Gasteiger charge is -2.11. The monoisotopic (exact) mass is 614 g/mol. The average Bonchev–Trinajstić information content (AvgIpc) is 3.82. The molecule has 0 saturated heterocycles. The van der Waals surface area contributed by atoms with Gasteiger partial charge in [-0.05, 0) is 69.4 Å². The van der Waals surface area contributed by atoms with E-state index in [2.05, 4.69) is 66.7 Å². The fraction of sp³-hybridized carbons (Fsp3) is 0. The Morgan fingerprint density at radius 2 is 1.00 bits per heavy atom. The van der Waals surface area contributed by atoms with Crippen LogP contribution in [0.1, 0.15) is 0 Å². The number of hydrogen-bond donors (Lipinski definition) is 0. The summed E-state index contributed by atoms with van der Waals surface area (Å²) in [5.41, 5.74) is 10.4. The van der Waals surface area contributed by atoms with Crippen LogP contribution in [-0.2, 0) is 0 Å². The van der Waals surface area contributed by atoms with Crippen LogP contribution in [-0.4, -0.2) is 19.9 Å². The first-order valence-corrected chi connectivity index (χ1v) is 15.9. The van der Waals surface area contributed by atoms with Gasteiger partial charge in [-0.3, -0.25) is 4.98 Å². The molecule has 1 aliphatic carbocycles. The van der Waals surface area contributed by atoms with Crippen molar-refractivity contribution in [2.24, 2.45) is 0 Å². The largest absolute Gasteiger partial charge is 0.456 e. The predicted octanol–water partition coefficient (Wildman–Crippen LogP) is 10.9. The Bertz CT molecular complexity index is 2840. The normalized spacial score (nSPS) is 12.2. The van der Waals surface area contributed by atoms with Crippen molar-refractivity contribution < 1.29 is 8.83 Å². The van der Waals surface area contributed by atoms with Crippen molar-refractivity contribution in [2.45, 2.75) is 0 Å². The highest BCUT2D eigenvalue weighted by Gasteiger charge is 2.24. The van der Waals surface area contributed by atoms with E-state index in [9.17, 15) is 0 Å². The highest BCUT2D eigenvalue weighted by atomic mass is 16.3. The number of fused-ring (bicyclic) bond motifs is 9. The minimum absolute atomic E-state index is 0.475. The van der Waals surface area contributed by atoms with Crippen LogP contribution in [0.2, 0.25) is 0 Å². The van der Waals surface area contributed by atoms with Gasteiger partial charge >= 0.3 is 0 Å². The Hall–Kier alpha value is -6.66. The van der Waals surface area contributed by atoms with E-state index in [1.165, 1.54) is 27.6 Å². The van der Waals surface area contributed by atoms with Crippen LogP contribution in [0, 0.1) is 0 Å². The fourth-order valence-corrected chi connectivity index (χ4v) is 7.48. The van der Waals surface area contributed by atoms with Gasteiger partial charge in [-0.25, -0.2) is 15.0 Å². The fourth-order valence-electron chi connectivity index (χ4n) is 7.48. The summed E-state index contributed by atoms with van der Waals surface area (Å²) in [5.74, 6) is 1.59. The van der Waals surface area contributed by atoms with Gasteiger partial charge in [0.05, 0.1) is 5.39 Å². The van der Waals surface area contributed by atoms with Crippen LogP contribution in [0.3, 0.4) is 0 Å². The quantitative estimate of drug-likeness (QED) is 0.197. The lowest BCUT2D eigenvalue weighted by Crippen LogP contribution is -2.02. The van der Waals surface area contributed by atoms with E-state index < -0.39 is 0 Å². The molecular formula is C42H22N4O2. The van der Waals surface area contributed by atoms with Crippen LogP contribution >= 0.6 is 0 Å². The van der Waals surface area contributed by atoms with E-state index in [0.29, 0.717) is 23.2 Å². The second-order valence-corrected chi connectivity index (χ2v) is 12.2. The van der Waals surface area contributed by atoms with Gasteiger partial charge in [-0.1, -0.05) is 91.0 Å². The molecule has 11 rings (SSSR count). The third-order valence-corrected chi connectivity index (χ3v) is 9.52. The molecule has 1 aliphatic rings. The first-order chi connectivity index (χ1) is 23.8. The van der Waals surface area contributed by atoms with Gasteiger partial charge in [-0.15, -0.1) is 0 Å². The zero-order chi connectivity index (χ0) is 31.3. The smallest absolute Gasteiger partial charge is 0.183 e. The SMILES string of the molecule is c1ccc2c(c1)-c1cccc3cc(-c4nc(-c5cccc6oc7ccccc7c56)nc(-c5nccc6oc7ccccc7c56)n4)cc-2c13. The van der Waals surface area contributed by atoms with E-state index >= 15 is 0 Å². The average molecular weight is 615 g/mol. The maximum atomic E-state index is 6.26. The molecule has 0 saturated carbocycles. The number of para-hydroxylation sites is 2. The van der Waals surface area contributed by atoms with Crippen LogP contribution < -0.4 is 0 Å². The number of furan rings is 2.